The topological polar surface area (TPSA) is 112 Å². The summed E-state index contributed by atoms with van der Waals surface area (Å²) in [4.78, 5) is 20.9. The normalized spacial score (nSPS) is 15.2. The largest absolute Gasteiger partial charge is 0.508 e. The molecule has 8 nitrogen and oxygen atoms in total. The molecule has 1 saturated heterocycles. The Bertz CT molecular complexity index is 1150. The maximum atomic E-state index is 12.4. The zero-order valence-corrected chi connectivity index (χ0v) is 16.1. The third-order valence-corrected chi connectivity index (χ3v) is 6.40. The van der Waals surface area contributed by atoms with Gasteiger partial charge < -0.3 is 10.4 Å². The molecule has 0 radical (unpaired) electrons. The van der Waals surface area contributed by atoms with Crippen molar-refractivity contribution in [2.45, 2.75) is 6.42 Å². The van der Waals surface area contributed by atoms with Gasteiger partial charge in [0.1, 0.15) is 5.75 Å². The first kappa shape index (κ1) is 18.9. The van der Waals surface area contributed by atoms with E-state index in [1.54, 1.807) is 48.5 Å². The summed E-state index contributed by atoms with van der Waals surface area (Å²) in [6.07, 6.45) is 3.56. The van der Waals surface area contributed by atoms with Crippen LogP contribution in [-0.4, -0.2) is 41.7 Å². The quantitative estimate of drug-likeness (QED) is 0.684. The van der Waals surface area contributed by atoms with Crippen LogP contribution in [0.2, 0.25) is 0 Å². The SMILES string of the molecule is O=C(Nc1cnc(-c2cccc(O)c2)nc1)c1ccc(N2CCCS2(=O)=O)cc1. The maximum absolute atomic E-state index is 12.4. The van der Waals surface area contributed by atoms with E-state index in [1.165, 1.54) is 16.7 Å². The van der Waals surface area contributed by atoms with E-state index >= 15 is 0 Å². The molecule has 0 unspecified atom stereocenters. The van der Waals surface area contributed by atoms with E-state index in [-0.39, 0.29) is 17.4 Å². The van der Waals surface area contributed by atoms with E-state index in [4.69, 9.17) is 0 Å². The van der Waals surface area contributed by atoms with Crippen molar-refractivity contribution in [3.63, 3.8) is 0 Å². The molecule has 0 atom stereocenters. The van der Waals surface area contributed by atoms with Crippen LogP contribution in [0, 0.1) is 0 Å². The molecule has 0 saturated carbocycles. The number of hydrogen-bond donors (Lipinski definition) is 2. The number of carbonyl (C=O) groups excluding carboxylic acids is 1. The van der Waals surface area contributed by atoms with Crippen LogP contribution in [0.25, 0.3) is 11.4 Å². The average Bonchev–Trinajstić information content (AvgIpc) is 3.07. The second kappa shape index (κ2) is 7.51. The highest BCUT2D eigenvalue weighted by Crippen LogP contribution is 2.24. The number of rotatable bonds is 4. The second-order valence-corrected chi connectivity index (χ2v) is 8.60. The molecular formula is C20H18N4O4S. The molecule has 2 aromatic carbocycles. The average molecular weight is 410 g/mol. The van der Waals surface area contributed by atoms with Gasteiger partial charge in [-0.3, -0.25) is 9.10 Å². The minimum Gasteiger partial charge on any atom is -0.508 e. The summed E-state index contributed by atoms with van der Waals surface area (Å²) in [5.41, 5.74) is 2.03. The smallest absolute Gasteiger partial charge is 0.255 e. The molecule has 29 heavy (non-hydrogen) atoms. The van der Waals surface area contributed by atoms with Crippen molar-refractivity contribution in [2.75, 3.05) is 21.9 Å². The molecule has 9 heteroatoms. The molecule has 2 N–H and O–H groups in total. The number of aromatic hydroxyl groups is 1. The van der Waals surface area contributed by atoms with Gasteiger partial charge in [0, 0.05) is 17.7 Å². The van der Waals surface area contributed by atoms with E-state index in [9.17, 15) is 18.3 Å². The van der Waals surface area contributed by atoms with E-state index < -0.39 is 10.0 Å². The van der Waals surface area contributed by atoms with E-state index in [0.717, 1.165) is 0 Å². The Morgan fingerprint density at radius 2 is 1.79 bits per heavy atom. The molecule has 0 aliphatic carbocycles. The fourth-order valence-electron chi connectivity index (χ4n) is 3.10. The molecule has 1 aromatic heterocycles. The van der Waals surface area contributed by atoms with Gasteiger partial charge in [-0.1, -0.05) is 12.1 Å². The van der Waals surface area contributed by atoms with Crippen LogP contribution in [-0.2, 0) is 10.0 Å². The Kier molecular flexibility index (Phi) is 4.89. The van der Waals surface area contributed by atoms with Crippen molar-refractivity contribution >= 4 is 27.3 Å². The van der Waals surface area contributed by atoms with E-state index in [2.05, 4.69) is 15.3 Å². The van der Waals surface area contributed by atoms with Crippen LogP contribution < -0.4 is 9.62 Å². The zero-order valence-electron chi connectivity index (χ0n) is 15.3. The predicted octanol–water partition coefficient (Wildman–Crippen LogP) is 2.64. The molecule has 3 aromatic rings. The Labute approximate surface area is 167 Å². The molecule has 1 aliphatic rings. The summed E-state index contributed by atoms with van der Waals surface area (Å²) in [5.74, 6) is 0.339. The maximum Gasteiger partial charge on any atom is 0.255 e. The number of nitrogens with zero attached hydrogens (tertiary/aromatic N) is 3. The minimum atomic E-state index is -3.25. The first-order chi connectivity index (χ1) is 13.9. The highest BCUT2D eigenvalue weighted by atomic mass is 32.2. The summed E-state index contributed by atoms with van der Waals surface area (Å²) in [6, 6.07) is 13.0. The molecule has 1 amide bonds. The lowest BCUT2D eigenvalue weighted by Gasteiger charge is -2.17. The summed E-state index contributed by atoms with van der Waals surface area (Å²) in [6.45, 7) is 0.455. The van der Waals surface area contributed by atoms with Crippen molar-refractivity contribution in [3.8, 4) is 17.1 Å². The first-order valence-electron chi connectivity index (χ1n) is 8.96. The molecule has 1 aliphatic heterocycles. The number of benzene rings is 2. The number of aromatic nitrogens is 2. The van der Waals surface area contributed by atoms with Crippen molar-refractivity contribution in [1.82, 2.24) is 9.97 Å². The third kappa shape index (κ3) is 4.04. The fraction of sp³-hybridized carbons (Fsp3) is 0.150. The van der Waals surface area contributed by atoms with Crippen LogP contribution in [0.3, 0.4) is 0 Å². The van der Waals surface area contributed by atoms with Gasteiger partial charge in [-0.05, 0) is 42.8 Å². The standard InChI is InChI=1S/C20H18N4O4S/c25-18-4-1-3-15(11-18)19-21-12-16(13-22-19)23-20(26)14-5-7-17(8-6-14)24-9-2-10-29(24,27)28/h1,3-8,11-13,25H,2,9-10H2,(H,23,26). The minimum absolute atomic E-state index is 0.119. The van der Waals surface area contributed by atoms with Gasteiger partial charge in [-0.15, -0.1) is 0 Å². The van der Waals surface area contributed by atoms with Crippen molar-refractivity contribution in [1.29, 1.82) is 0 Å². The molecule has 2 heterocycles. The van der Waals surface area contributed by atoms with Gasteiger partial charge in [-0.25, -0.2) is 18.4 Å². The summed E-state index contributed by atoms with van der Waals surface area (Å²) in [5, 5.41) is 12.3. The van der Waals surface area contributed by atoms with Crippen LogP contribution in [0.4, 0.5) is 11.4 Å². The lowest BCUT2D eigenvalue weighted by molar-refractivity contribution is 0.102. The number of phenols is 1. The fourth-order valence-corrected chi connectivity index (χ4v) is 4.66. The summed E-state index contributed by atoms with van der Waals surface area (Å²) < 4.78 is 25.3. The molecule has 4 rings (SSSR count). The van der Waals surface area contributed by atoms with Crippen molar-refractivity contribution in [3.05, 3.63) is 66.5 Å². The Hall–Kier alpha value is -3.46. The Balaban J connectivity index is 1.45. The Morgan fingerprint density at radius 1 is 1.07 bits per heavy atom. The van der Waals surface area contributed by atoms with Gasteiger partial charge in [0.2, 0.25) is 10.0 Å². The molecule has 0 bridgehead atoms. The Morgan fingerprint density at radius 3 is 2.41 bits per heavy atom. The molecule has 0 spiro atoms. The number of phenolic OH excluding ortho intramolecular Hbond substituents is 1. The molecule has 1 fully saturated rings. The van der Waals surface area contributed by atoms with E-state index in [0.29, 0.717) is 41.3 Å². The zero-order chi connectivity index (χ0) is 20.4. The predicted molar refractivity (Wildman–Crippen MR) is 109 cm³/mol. The number of nitrogens with one attached hydrogen (secondary N) is 1. The van der Waals surface area contributed by atoms with Gasteiger partial charge in [0.05, 0.1) is 29.5 Å². The van der Waals surface area contributed by atoms with Crippen LogP contribution in [0.15, 0.2) is 60.9 Å². The molecule has 148 valence electrons. The van der Waals surface area contributed by atoms with Crippen LogP contribution in [0.1, 0.15) is 16.8 Å². The number of hydrogen-bond acceptors (Lipinski definition) is 6. The lowest BCUT2D eigenvalue weighted by atomic mass is 10.2. The van der Waals surface area contributed by atoms with E-state index in [1.807, 2.05) is 0 Å². The highest BCUT2D eigenvalue weighted by Gasteiger charge is 2.28. The number of sulfonamides is 1. The van der Waals surface area contributed by atoms with Crippen LogP contribution >= 0.6 is 0 Å². The summed E-state index contributed by atoms with van der Waals surface area (Å²) in [7, 11) is -3.25. The van der Waals surface area contributed by atoms with Crippen molar-refractivity contribution in [2.24, 2.45) is 0 Å². The summed E-state index contributed by atoms with van der Waals surface area (Å²) >= 11 is 0. The van der Waals surface area contributed by atoms with Crippen molar-refractivity contribution < 1.29 is 18.3 Å². The first-order valence-corrected chi connectivity index (χ1v) is 10.6. The number of carbonyl (C=O) groups is 1. The van der Waals surface area contributed by atoms with Crippen LogP contribution in [0.5, 0.6) is 5.75 Å². The monoisotopic (exact) mass is 410 g/mol. The number of amides is 1. The van der Waals surface area contributed by atoms with Gasteiger partial charge in [0.25, 0.3) is 5.91 Å². The number of anilines is 2. The van der Waals surface area contributed by atoms with Gasteiger partial charge in [0.15, 0.2) is 5.82 Å². The lowest BCUT2D eigenvalue weighted by Crippen LogP contribution is -2.25. The van der Waals surface area contributed by atoms with Gasteiger partial charge >= 0.3 is 0 Å². The second-order valence-electron chi connectivity index (χ2n) is 6.59. The highest BCUT2D eigenvalue weighted by molar-refractivity contribution is 7.93. The third-order valence-electron chi connectivity index (χ3n) is 4.53. The molecular weight excluding hydrogens is 392 g/mol. The van der Waals surface area contributed by atoms with Gasteiger partial charge in [-0.2, -0.15) is 0 Å².